The normalized spacial score (nSPS) is 12.7. The van der Waals surface area contributed by atoms with E-state index in [-0.39, 0.29) is 11.8 Å². The third-order valence-electron chi connectivity index (χ3n) is 6.14. The lowest BCUT2D eigenvalue weighted by molar-refractivity contribution is -0.119. The van der Waals surface area contributed by atoms with Crippen molar-refractivity contribution in [3.63, 3.8) is 0 Å². The van der Waals surface area contributed by atoms with Gasteiger partial charge in [-0.1, -0.05) is 18.2 Å². The van der Waals surface area contributed by atoms with E-state index in [0.717, 1.165) is 28.4 Å². The van der Waals surface area contributed by atoms with Gasteiger partial charge < -0.3 is 14.8 Å². The van der Waals surface area contributed by atoms with E-state index in [2.05, 4.69) is 5.32 Å². The molecule has 2 heterocycles. The number of aromatic nitrogens is 2. The minimum Gasteiger partial charge on any atom is -0.497 e. The quantitative estimate of drug-likeness (QED) is 0.411. The largest absolute Gasteiger partial charge is 0.497 e. The average Bonchev–Trinajstić information content (AvgIpc) is 3.35. The summed E-state index contributed by atoms with van der Waals surface area (Å²) in [5.74, 6) is 2.04. The highest BCUT2D eigenvalue weighted by Gasteiger charge is 2.26. The van der Waals surface area contributed by atoms with Crippen molar-refractivity contribution in [1.29, 1.82) is 0 Å². The number of methoxy groups -OCH3 is 2. The second-order valence-electron chi connectivity index (χ2n) is 8.45. The van der Waals surface area contributed by atoms with Gasteiger partial charge in [0, 0.05) is 35.4 Å². The molecule has 0 spiro atoms. The smallest absolute Gasteiger partial charge is 0.255 e. The number of carbonyl (C=O) groups is 2. The molecule has 0 radical (unpaired) electrons. The first-order valence-electron chi connectivity index (χ1n) is 11.6. The maximum atomic E-state index is 12.8. The van der Waals surface area contributed by atoms with Gasteiger partial charge in [0.05, 0.1) is 33.0 Å². The van der Waals surface area contributed by atoms with Crippen LogP contribution in [0, 0.1) is 0 Å². The zero-order valence-electron chi connectivity index (χ0n) is 20.1. The third kappa shape index (κ3) is 4.79. The molecular weight excluding hydrogens is 456 g/mol. The molecule has 8 heteroatoms. The van der Waals surface area contributed by atoms with Crippen LogP contribution in [0.25, 0.3) is 11.3 Å². The maximum Gasteiger partial charge on any atom is 0.255 e. The summed E-state index contributed by atoms with van der Waals surface area (Å²) in [5.41, 5.74) is 3.86. The first-order chi connectivity index (χ1) is 17.5. The fourth-order valence-corrected chi connectivity index (χ4v) is 4.17. The molecule has 0 bridgehead atoms. The monoisotopic (exact) mass is 482 g/mol. The molecule has 0 unspecified atom stereocenters. The van der Waals surface area contributed by atoms with E-state index in [1.165, 1.54) is 0 Å². The van der Waals surface area contributed by atoms with Crippen molar-refractivity contribution in [2.45, 2.75) is 19.5 Å². The molecule has 0 fully saturated rings. The number of rotatable bonds is 7. The SMILES string of the molecule is COc1ccc(-c2cc3n(n2)CCC(=O)N3Cc2ccc(C(=O)Nc3cccc(OC)c3)cc2)cc1. The van der Waals surface area contributed by atoms with Gasteiger partial charge >= 0.3 is 0 Å². The van der Waals surface area contributed by atoms with Crippen molar-refractivity contribution in [2.24, 2.45) is 0 Å². The Bertz CT molecular complexity index is 1390. The van der Waals surface area contributed by atoms with Crippen molar-refractivity contribution in [3.8, 4) is 22.8 Å². The van der Waals surface area contributed by atoms with Crippen LogP contribution in [0.3, 0.4) is 0 Å². The fourth-order valence-electron chi connectivity index (χ4n) is 4.17. The van der Waals surface area contributed by atoms with Gasteiger partial charge in [-0.3, -0.25) is 14.5 Å². The van der Waals surface area contributed by atoms with Crippen LogP contribution in [0.4, 0.5) is 11.5 Å². The van der Waals surface area contributed by atoms with Gasteiger partial charge in [0.15, 0.2) is 0 Å². The number of amides is 2. The standard InChI is InChI=1S/C28H26N4O4/c1-35-23-12-10-20(11-13-23)25-17-26-31(27(33)14-15-32(26)30-25)18-19-6-8-21(9-7-19)28(34)29-22-4-3-5-24(16-22)36-2/h3-13,16-17H,14-15,18H2,1-2H3,(H,29,34). The van der Waals surface area contributed by atoms with E-state index in [9.17, 15) is 9.59 Å². The first kappa shape index (κ1) is 23.2. The van der Waals surface area contributed by atoms with Crippen LogP contribution < -0.4 is 19.7 Å². The summed E-state index contributed by atoms with van der Waals surface area (Å²) >= 11 is 0. The number of nitrogens with zero attached hydrogens (tertiary/aromatic N) is 3. The highest BCUT2D eigenvalue weighted by atomic mass is 16.5. The van der Waals surface area contributed by atoms with Crippen molar-refractivity contribution in [3.05, 3.63) is 90.0 Å². The van der Waals surface area contributed by atoms with E-state index in [1.54, 1.807) is 43.4 Å². The second kappa shape index (κ2) is 9.95. The number of fused-ring (bicyclic) bond motifs is 1. The van der Waals surface area contributed by atoms with Gasteiger partial charge in [-0.2, -0.15) is 5.10 Å². The lowest BCUT2D eigenvalue weighted by Gasteiger charge is -2.27. The molecule has 182 valence electrons. The molecule has 5 rings (SSSR count). The predicted molar refractivity (Wildman–Crippen MR) is 137 cm³/mol. The van der Waals surface area contributed by atoms with Crippen LogP contribution >= 0.6 is 0 Å². The number of nitrogens with one attached hydrogen (secondary N) is 1. The average molecular weight is 483 g/mol. The van der Waals surface area contributed by atoms with E-state index in [0.29, 0.717) is 36.5 Å². The van der Waals surface area contributed by atoms with Gasteiger partial charge in [0.1, 0.15) is 17.3 Å². The molecule has 1 N–H and O–H groups in total. The van der Waals surface area contributed by atoms with Crippen LogP contribution in [-0.2, 0) is 17.9 Å². The highest BCUT2D eigenvalue weighted by molar-refractivity contribution is 6.04. The van der Waals surface area contributed by atoms with Crippen LogP contribution in [0.5, 0.6) is 11.5 Å². The Morgan fingerprint density at radius 2 is 1.69 bits per heavy atom. The maximum absolute atomic E-state index is 12.8. The van der Waals surface area contributed by atoms with Crippen molar-refractivity contribution < 1.29 is 19.1 Å². The number of hydrogen-bond acceptors (Lipinski definition) is 5. The van der Waals surface area contributed by atoms with Crippen molar-refractivity contribution in [2.75, 3.05) is 24.4 Å². The topological polar surface area (TPSA) is 85.7 Å². The number of anilines is 2. The van der Waals surface area contributed by atoms with Gasteiger partial charge in [0.2, 0.25) is 5.91 Å². The molecule has 4 aromatic rings. The lowest BCUT2D eigenvalue weighted by atomic mass is 10.1. The van der Waals surface area contributed by atoms with Crippen LogP contribution in [0.2, 0.25) is 0 Å². The number of benzene rings is 3. The molecule has 8 nitrogen and oxygen atoms in total. The molecular formula is C28H26N4O4. The van der Waals surface area contributed by atoms with Crippen LogP contribution in [0.15, 0.2) is 78.9 Å². The molecule has 1 aliphatic heterocycles. The zero-order valence-corrected chi connectivity index (χ0v) is 20.1. The zero-order chi connectivity index (χ0) is 25.1. The number of hydrogen-bond donors (Lipinski definition) is 1. The summed E-state index contributed by atoms with van der Waals surface area (Å²) < 4.78 is 12.3. The summed E-state index contributed by atoms with van der Waals surface area (Å²) in [4.78, 5) is 27.2. The van der Waals surface area contributed by atoms with E-state index in [1.807, 2.05) is 59.3 Å². The number of aryl methyl sites for hydroxylation is 1. The molecule has 3 aromatic carbocycles. The van der Waals surface area contributed by atoms with E-state index in [4.69, 9.17) is 14.6 Å². The fraction of sp³-hybridized carbons (Fsp3) is 0.179. The summed E-state index contributed by atoms with van der Waals surface area (Å²) in [7, 11) is 3.22. The Balaban J connectivity index is 1.31. The Morgan fingerprint density at radius 3 is 2.42 bits per heavy atom. The van der Waals surface area contributed by atoms with Gasteiger partial charge in [-0.25, -0.2) is 4.68 Å². The third-order valence-corrected chi connectivity index (χ3v) is 6.14. The van der Waals surface area contributed by atoms with Crippen molar-refractivity contribution >= 4 is 23.3 Å². The summed E-state index contributed by atoms with van der Waals surface area (Å²) in [5, 5.41) is 7.59. The lowest BCUT2D eigenvalue weighted by Crippen LogP contribution is -2.36. The summed E-state index contributed by atoms with van der Waals surface area (Å²) in [6.07, 6.45) is 0.387. The van der Waals surface area contributed by atoms with E-state index < -0.39 is 0 Å². The Morgan fingerprint density at radius 1 is 0.944 bits per heavy atom. The molecule has 36 heavy (non-hydrogen) atoms. The molecule has 1 aliphatic rings. The van der Waals surface area contributed by atoms with E-state index >= 15 is 0 Å². The predicted octanol–water partition coefficient (Wildman–Crippen LogP) is 4.76. The first-order valence-corrected chi connectivity index (χ1v) is 11.6. The second-order valence-corrected chi connectivity index (χ2v) is 8.45. The molecule has 0 atom stereocenters. The number of carbonyl (C=O) groups excluding carboxylic acids is 2. The minimum atomic E-state index is -0.217. The molecule has 2 amide bonds. The minimum absolute atomic E-state index is 0.0449. The Kier molecular flexibility index (Phi) is 6.40. The van der Waals surface area contributed by atoms with Gasteiger partial charge in [0.25, 0.3) is 5.91 Å². The Labute approximate surface area is 209 Å². The van der Waals surface area contributed by atoms with Gasteiger partial charge in [-0.15, -0.1) is 0 Å². The Hall–Kier alpha value is -4.59. The highest BCUT2D eigenvalue weighted by Crippen LogP contribution is 2.30. The summed E-state index contributed by atoms with van der Waals surface area (Å²) in [6, 6.07) is 24.1. The van der Waals surface area contributed by atoms with Crippen LogP contribution in [-0.4, -0.2) is 35.8 Å². The number of ether oxygens (including phenoxy) is 2. The molecule has 1 aromatic heterocycles. The van der Waals surface area contributed by atoms with Crippen LogP contribution in [0.1, 0.15) is 22.3 Å². The summed E-state index contributed by atoms with van der Waals surface area (Å²) in [6.45, 7) is 0.939. The molecule has 0 saturated carbocycles. The molecule has 0 aliphatic carbocycles. The molecule has 0 saturated heterocycles. The van der Waals surface area contributed by atoms with Crippen molar-refractivity contribution in [1.82, 2.24) is 9.78 Å². The van der Waals surface area contributed by atoms with Gasteiger partial charge in [-0.05, 0) is 54.1 Å².